The van der Waals surface area contributed by atoms with Gasteiger partial charge in [-0.15, -0.1) is 0 Å². The van der Waals surface area contributed by atoms with Gasteiger partial charge in [-0.3, -0.25) is 4.99 Å². The maximum Gasteiger partial charge on any atom is 0.405 e. The van der Waals surface area contributed by atoms with Gasteiger partial charge in [0.15, 0.2) is 0 Å². The van der Waals surface area contributed by atoms with Crippen LogP contribution in [0.3, 0.4) is 0 Å². The normalized spacial score (nSPS) is 24.5. The van der Waals surface area contributed by atoms with Gasteiger partial charge in [-0.05, 0) is 16.4 Å². The molecule has 0 amide bonds. The van der Waals surface area contributed by atoms with Crippen LogP contribution < -0.4 is 5.09 Å². The topological polar surface area (TPSA) is 63.2 Å². The predicted octanol–water partition coefficient (Wildman–Crippen LogP) is 5.22. The van der Waals surface area contributed by atoms with E-state index in [1.54, 1.807) is 0 Å². The molecule has 0 aliphatic carbocycles. The molecule has 2 rings (SSSR count). The largest absolute Gasteiger partial charge is 0.405 e. The fourth-order valence-electron chi connectivity index (χ4n) is 4.18. The zero-order valence-corrected chi connectivity index (χ0v) is 20.5. The maximum absolute atomic E-state index is 12.7. The second kappa shape index (κ2) is 7.54. The van der Waals surface area contributed by atoms with Crippen LogP contribution in [0.25, 0.3) is 0 Å². The van der Waals surface area contributed by atoms with Crippen molar-refractivity contribution in [2.45, 2.75) is 80.8 Å². The molecule has 1 fully saturated rings. The third-order valence-electron chi connectivity index (χ3n) is 5.38. The van der Waals surface area contributed by atoms with E-state index >= 15 is 0 Å². The van der Waals surface area contributed by atoms with Crippen LogP contribution in [0, 0.1) is 16.2 Å². The highest BCUT2D eigenvalue weighted by Gasteiger charge is 2.47. The van der Waals surface area contributed by atoms with Gasteiger partial charge in [-0.1, -0.05) is 62.3 Å². The van der Waals surface area contributed by atoms with Crippen molar-refractivity contribution in [1.29, 1.82) is 0 Å². The van der Waals surface area contributed by atoms with Crippen molar-refractivity contribution in [2.24, 2.45) is 21.2 Å². The standard InChI is InChI=1S/C21H40N3O3P/c1-19(2,3)16-15-12-14(23-28(25,26-10)27-11)13-24(15)18(21(7,8)9)22-17(16)20(4,5)6/h14,17H,12-13H2,1-11H3,(H,23,25). The molecule has 28 heavy (non-hydrogen) atoms. The Morgan fingerprint density at radius 2 is 1.54 bits per heavy atom. The Kier molecular flexibility index (Phi) is 6.35. The van der Waals surface area contributed by atoms with Crippen LogP contribution in [0.5, 0.6) is 0 Å². The van der Waals surface area contributed by atoms with Gasteiger partial charge in [0.25, 0.3) is 0 Å². The number of aliphatic imine (C=N–C) groups is 1. The van der Waals surface area contributed by atoms with E-state index in [-0.39, 0.29) is 28.3 Å². The Hall–Kier alpha value is -0.680. The van der Waals surface area contributed by atoms with Gasteiger partial charge in [-0.2, -0.15) is 0 Å². The van der Waals surface area contributed by atoms with E-state index in [0.717, 1.165) is 12.3 Å². The summed E-state index contributed by atoms with van der Waals surface area (Å²) < 4.78 is 22.9. The van der Waals surface area contributed by atoms with Gasteiger partial charge in [0.2, 0.25) is 0 Å². The Morgan fingerprint density at radius 3 is 1.93 bits per heavy atom. The molecule has 0 radical (unpaired) electrons. The summed E-state index contributed by atoms with van der Waals surface area (Å²) in [5, 5.41) is 3.13. The van der Waals surface area contributed by atoms with Crippen molar-refractivity contribution in [2.75, 3.05) is 20.8 Å². The van der Waals surface area contributed by atoms with Gasteiger partial charge in [0.05, 0.1) is 6.04 Å². The number of hydrogen-bond acceptors (Lipinski definition) is 5. The molecule has 162 valence electrons. The van der Waals surface area contributed by atoms with Gasteiger partial charge < -0.3 is 13.9 Å². The lowest BCUT2D eigenvalue weighted by Crippen LogP contribution is -2.47. The molecule has 2 heterocycles. The maximum atomic E-state index is 12.7. The van der Waals surface area contributed by atoms with E-state index in [1.807, 2.05) is 0 Å². The summed E-state index contributed by atoms with van der Waals surface area (Å²) >= 11 is 0. The summed E-state index contributed by atoms with van der Waals surface area (Å²) in [6.45, 7) is 20.9. The Bertz CT molecular complexity index is 700. The van der Waals surface area contributed by atoms with E-state index < -0.39 is 7.75 Å². The van der Waals surface area contributed by atoms with Crippen LogP contribution in [-0.4, -0.2) is 43.6 Å². The molecule has 7 heteroatoms. The lowest BCUT2D eigenvalue weighted by Gasteiger charge is -2.45. The molecule has 2 atom stereocenters. The second-order valence-corrected chi connectivity index (χ2v) is 13.1. The average Bonchev–Trinajstić information content (AvgIpc) is 2.92. The molecule has 0 spiro atoms. The van der Waals surface area contributed by atoms with Crippen LogP contribution in [0.1, 0.15) is 68.7 Å². The predicted molar refractivity (Wildman–Crippen MR) is 116 cm³/mol. The van der Waals surface area contributed by atoms with Crippen LogP contribution >= 0.6 is 7.75 Å². The minimum Gasteiger partial charge on any atom is -0.332 e. The Labute approximate surface area is 171 Å². The number of hydrogen-bond donors (Lipinski definition) is 1. The third-order valence-corrected chi connectivity index (χ3v) is 7.02. The molecule has 2 unspecified atom stereocenters. The van der Waals surface area contributed by atoms with Crippen LogP contribution in [0.2, 0.25) is 0 Å². The van der Waals surface area contributed by atoms with Crippen molar-refractivity contribution < 1.29 is 13.6 Å². The van der Waals surface area contributed by atoms with Crippen molar-refractivity contribution in [3.8, 4) is 0 Å². The minimum atomic E-state index is -3.29. The summed E-state index contributed by atoms with van der Waals surface area (Å²) in [6.07, 6.45) is 0.783. The summed E-state index contributed by atoms with van der Waals surface area (Å²) in [6, 6.07) is 0.0905. The molecule has 1 saturated heterocycles. The van der Waals surface area contributed by atoms with Gasteiger partial charge in [0, 0.05) is 44.3 Å². The number of nitrogens with one attached hydrogen (secondary N) is 1. The molecule has 0 aromatic rings. The third kappa shape index (κ3) is 4.72. The highest BCUT2D eigenvalue weighted by molar-refractivity contribution is 7.51. The fourth-order valence-corrected chi connectivity index (χ4v) is 5.16. The molecule has 0 saturated carbocycles. The van der Waals surface area contributed by atoms with Crippen LogP contribution in [-0.2, 0) is 13.6 Å². The SMILES string of the molecule is COP(=O)(NC1CC2=C(C(C)(C)C)C(C(C)(C)C)N=C(C(C)(C)C)N2C1)OC. The number of nitrogens with zero attached hydrogens (tertiary/aromatic N) is 2. The zero-order chi connectivity index (χ0) is 21.7. The van der Waals surface area contributed by atoms with E-state index in [9.17, 15) is 4.57 Å². The second-order valence-electron chi connectivity index (χ2n) is 11.1. The summed E-state index contributed by atoms with van der Waals surface area (Å²) in [5.41, 5.74) is 2.60. The van der Waals surface area contributed by atoms with Crippen molar-refractivity contribution in [3.05, 3.63) is 11.3 Å². The van der Waals surface area contributed by atoms with Crippen molar-refractivity contribution in [1.82, 2.24) is 9.99 Å². The lowest BCUT2D eigenvalue weighted by molar-refractivity contribution is 0.258. The molecule has 1 N–H and O–H groups in total. The van der Waals surface area contributed by atoms with Gasteiger partial charge >= 0.3 is 7.75 Å². The molecule has 0 bridgehead atoms. The first-order chi connectivity index (χ1) is 12.5. The van der Waals surface area contributed by atoms with E-state index in [4.69, 9.17) is 14.0 Å². The monoisotopic (exact) mass is 413 g/mol. The lowest BCUT2D eigenvalue weighted by atomic mass is 9.70. The minimum absolute atomic E-state index is 0.0120. The Morgan fingerprint density at radius 1 is 1.00 bits per heavy atom. The van der Waals surface area contributed by atoms with Gasteiger partial charge in [0.1, 0.15) is 5.84 Å². The van der Waals surface area contributed by atoms with E-state index in [2.05, 4.69) is 72.3 Å². The summed E-state index contributed by atoms with van der Waals surface area (Å²) in [5.74, 6) is 1.10. The first-order valence-corrected chi connectivity index (χ1v) is 11.7. The fraction of sp³-hybridized carbons (Fsp3) is 0.857. The first kappa shape index (κ1) is 23.6. The molecule has 6 nitrogen and oxygen atoms in total. The molecular weight excluding hydrogens is 373 g/mol. The quantitative estimate of drug-likeness (QED) is 0.640. The first-order valence-electron chi connectivity index (χ1n) is 10.1. The molecule has 2 aliphatic heterocycles. The molecule has 0 aromatic carbocycles. The molecular formula is C21H40N3O3P. The zero-order valence-electron chi connectivity index (χ0n) is 19.6. The van der Waals surface area contributed by atoms with Gasteiger partial charge in [-0.25, -0.2) is 9.65 Å². The smallest absolute Gasteiger partial charge is 0.332 e. The van der Waals surface area contributed by atoms with Crippen molar-refractivity contribution in [3.63, 3.8) is 0 Å². The van der Waals surface area contributed by atoms with E-state index in [0.29, 0.717) is 6.54 Å². The Balaban J connectivity index is 2.58. The number of rotatable bonds is 4. The highest BCUT2D eigenvalue weighted by atomic mass is 31.2. The summed E-state index contributed by atoms with van der Waals surface area (Å²) in [4.78, 5) is 7.65. The average molecular weight is 414 g/mol. The number of fused-ring (bicyclic) bond motifs is 1. The van der Waals surface area contributed by atoms with Crippen LogP contribution in [0.15, 0.2) is 16.3 Å². The van der Waals surface area contributed by atoms with Crippen LogP contribution in [0.4, 0.5) is 0 Å². The van der Waals surface area contributed by atoms with E-state index in [1.165, 1.54) is 25.5 Å². The highest BCUT2D eigenvalue weighted by Crippen LogP contribution is 2.49. The molecule has 0 aromatic heterocycles. The molecule has 2 aliphatic rings. The van der Waals surface area contributed by atoms with Crippen molar-refractivity contribution >= 4 is 13.6 Å². The number of amidine groups is 1. The summed E-state index contributed by atoms with van der Waals surface area (Å²) in [7, 11) is -0.464.